The van der Waals surface area contributed by atoms with Gasteiger partial charge in [-0.05, 0) is 11.1 Å². The van der Waals surface area contributed by atoms with Crippen LogP contribution in [0.2, 0.25) is 0 Å². The molecule has 3 heterocycles. The summed E-state index contributed by atoms with van der Waals surface area (Å²) in [4.78, 5) is 9.94. The summed E-state index contributed by atoms with van der Waals surface area (Å²) in [6.07, 6.45) is -0.451. The lowest BCUT2D eigenvalue weighted by Gasteiger charge is -2.38. The van der Waals surface area contributed by atoms with Crippen LogP contribution in [0.3, 0.4) is 0 Å². The van der Waals surface area contributed by atoms with Crippen LogP contribution in [0.5, 0.6) is 0 Å². The van der Waals surface area contributed by atoms with Crippen molar-refractivity contribution in [1.29, 1.82) is 0 Å². The zero-order chi connectivity index (χ0) is 22.8. The molecule has 34 heavy (non-hydrogen) atoms. The lowest BCUT2D eigenvalue weighted by atomic mass is 9.88. The molecule has 3 aliphatic rings. The molecule has 6 nitrogen and oxygen atoms in total. The molecule has 0 bridgehead atoms. The number of aliphatic imine (C=N–C) groups is 2. The lowest BCUT2D eigenvalue weighted by Crippen LogP contribution is -2.51. The summed E-state index contributed by atoms with van der Waals surface area (Å²) < 4.78 is 24.9. The smallest absolute Gasteiger partial charge is 0.204 e. The predicted molar refractivity (Wildman–Crippen MR) is 129 cm³/mol. The van der Waals surface area contributed by atoms with Crippen molar-refractivity contribution >= 4 is 11.8 Å². The van der Waals surface area contributed by atoms with Gasteiger partial charge in [-0.2, -0.15) is 0 Å². The van der Waals surface area contributed by atoms with E-state index in [-0.39, 0.29) is 12.1 Å². The molecule has 6 heteroatoms. The van der Waals surface area contributed by atoms with Gasteiger partial charge in [-0.25, -0.2) is 9.98 Å². The highest BCUT2D eigenvalue weighted by Gasteiger charge is 2.53. The van der Waals surface area contributed by atoms with Crippen molar-refractivity contribution in [3.8, 4) is 0 Å². The Morgan fingerprint density at radius 3 is 1.41 bits per heavy atom. The maximum atomic E-state index is 6.24. The van der Waals surface area contributed by atoms with Crippen LogP contribution in [0.4, 0.5) is 0 Å². The van der Waals surface area contributed by atoms with Crippen molar-refractivity contribution in [2.75, 3.05) is 26.4 Å². The fraction of sp³-hybridized carbons (Fsp3) is 0.286. The van der Waals surface area contributed by atoms with Crippen LogP contribution in [-0.4, -0.2) is 38.2 Å². The average Bonchev–Trinajstić information content (AvgIpc) is 3.62. The number of hydrogen-bond donors (Lipinski definition) is 0. The van der Waals surface area contributed by atoms with Gasteiger partial charge in [0.15, 0.2) is 11.7 Å². The monoisotopic (exact) mass is 454 g/mol. The molecule has 6 rings (SSSR count). The molecule has 0 amide bonds. The van der Waals surface area contributed by atoms with Crippen LogP contribution in [0.25, 0.3) is 0 Å². The van der Waals surface area contributed by atoms with Gasteiger partial charge in [0.05, 0.1) is 13.2 Å². The Hall–Kier alpha value is -3.48. The molecule has 3 aromatic carbocycles. The van der Waals surface area contributed by atoms with Crippen LogP contribution in [-0.2, 0) is 18.9 Å². The lowest BCUT2D eigenvalue weighted by molar-refractivity contribution is -0.209. The van der Waals surface area contributed by atoms with Crippen molar-refractivity contribution in [3.63, 3.8) is 0 Å². The van der Waals surface area contributed by atoms with E-state index in [1.807, 2.05) is 66.7 Å². The van der Waals surface area contributed by atoms with E-state index >= 15 is 0 Å². The molecule has 1 saturated heterocycles. The molecule has 0 unspecified atom stereocenters. The second kappa shape index (κ2) is 9.05. The quantitative estimate of drug-likeness (QED) is 0.541. The molecule has 2 atom stereocenters. The molecule has 0 aromatic heterocycles. The third-order valence-corrected chi connectivity index (χ3v) is 6.52. The second-order valence-electron chi connectivity index (χ2n) is 8.79. The largest absolute Gasteiger partial charge is 0.477 e. The Labute approximate surface area is 198 Å². The van der Waals surface area contributed by atoms with Crippen LogP contribution in [0, 0.1) is 5.41 Å². The van der Waals surface area contributed by atoms with E-state index < -0.39 is 11.7 Å². The van der Waals surface area contributed by atoms with Crippen LogP contribution < -0.4 is 0 Å². The molecule has 0 radical (unpaired) electrons. The van der Waals surface area contributed by atoms with E-state index in [1.165, 1.54) is 0 Å². The summed E-state index contributed by atoms with van der Waals surface area (Å²) in [5.74, 6) is 1.14. The second-order valence-corrected chi connectivity index (χ2v) is 8.79. The first kappa shape index (κ1) is 21.1. The van der Waals surface area contributed by atoms with Crippen LogP contribution >= 0.6 is 0 Å². The van der Waals surface area contributed by atoms with E-state index in [9.17, 15) is 0 Å². The summed E-state index contributed by atoms with van der Waals surface area (Å²) in [5, 5.41) is 0. The summed E-state index contributed by atoms with van der Waals surface area (Å²) in [6.45, 7) is 1.57. The fourth-order valence-corrected chi connectivity index (χ4v) is 4.63. The normalized spacial score (nSPS) is 24.1. The number of ether oxygens (including phenoxy) is 4. The Morgan fingerprint density at radius 2 is 0.971 bits per heavy atom. The van der Waals surface area contributed by atoms with Crippen molar-refractivity contribution in [2.45, 2.75) is 18.4 Å². The number of hydrogen-bond acceptors (Lipinski definition) is 6. The van der Waals surface area contributed by atoms with E-state index in [0.29, 0.717) is 38.2 Å². The number of rotatable bonds is 5. The standard InChI is InChI=1S/C28H26N2O4/c1-4-10-20(11-5-1)23-16-31-26(29-23)28(18-33-25(34-19-28)22-14-8-3-9-15-22)27-30-24(17-32-27)21-12-6-2-7-13-21/h1-15,23-25H,16-19H2/t23-,24-/m1/s1. The van der Waals surface area contributed by atoms with Gasteiger partial charge in [0.1, 0.15) is 25.3 Å². The molecule has 0 saturated carbocycles. The van der Waals surface area contributed by atoms with Gasteiger partial charge in [-0.15, -0.1) is 0 Å². The first-order valence-electron chi connectivity index (χ1n) is 11.6. The fourth-order valence-electron chi connectivity index (χ4n) is 4.63. The van der Waals surface area contributed by atoms with Crippen molar-refractivity contribution in [3.05, 3.63) is 108 Å². The number of benzene rings is 3. The third-order valence-electron chi connectivity index (χ3n) is 6.52. The first-order chi connectivity index (χ1) is 16.8. The molecule has 172 valence electrons. The Bertz CT molecular complexity index is 1110. The van der Waals surface area contributed by atoms with E-state index in [1.54, 1.807) is 0 Å². The number of nitrogens with zero attached hydrogens (tertiary/aromatic N) is 2. The maximum absolute atomic E-state index is 6.24. The highest BCUT2D eigenvalue weighted by Crippen LogP contribution is 2.41. The van der Waals surface area contributed by atoms with E-state index in [0.717, 1.165) is 16.7 Å². The van der Waals surface area contributed by atoms with Gasteiger partial charge in [-0.3, -0.25) is 0 Å². The van der Waals surface area contributed by atoms with Gasteiger partial charge in [-0.1, -0.05) is 91.0 Å². The van der Waals surface area contributed by atoms with E-state index in [2.05, 4.69) is 24.3 Å². The van der Waals surface area contributed by atoms with E-state index in [4.69, 9.17) is 28.9 Å². The predicted octanol–water partition coefficient (Wildman–Crippen LogP) is 5.06. The Kier molecular flexibility index (Phi) is 5.61. The Balaban J connectivity index is 1.32. The molecule has 0 aliphatic carbocycles. The molecule has 0 N–H and O–H groups in total. The van der Waals surface area contributed by atoms with Gasteiger partial charge in [0, 0.05) is 5.56 Å². The van der Waals surface area contributed by atoms with Crippen molar-refractivity contribution in [1.82, 2.24) is 0 Å². The summed E-state index contributed by atoms with van der Waals surface area (Å²) in [5.41, 5.74) is 2.38. The summed E-state index contributed by atoms with van der Waals surface area (Å²) >= 11 is 0. The molecular weight excluding hydrogens is 428 g/mol. The maximum Gasteiger partial charge on any atom is 0.204 e. The van der Waals surface area contributed by atoms with Crippen LogP contribution in [0.1, 0.15) is 35.1 Å². The third kappa shape index (κ3) is 3.89. The Morgan fingerprint density at radius 1 is 0.559 bits per heavy atom. The average molecular weight is 455 g/mol. The minimum absolute atomic E-state index is 0.0770. The summed E-state index contributed by atoms with van der Waals surface area (Å²) in [6, 6.07) is 30.1. The molecule has 0 spiro atoms. The van der Waals surface area contributed by atoms with Crippen molar-refractivity contribution in [2.24, 2.45) is 15.4 Å². The first-order valence-corrected chi connectivity index (χ1v) is 11.6. The highest BCUT2D eigenvalue weighted by molar-refractivity contribution is 6.06. The summed E-state index contributed by atoms with van der Waals surface area (Å²) in [7, 11) is 0. The van der Waals surface area contributed by atoms with Gasteiger partial charge in [0.25, 0.3) is 0 Å². The van der Waals surface area contributed by atoms with Crippen LogP contribution in [0.15, 0.2) is 101 Å². The van der Waals surface area contributed by atoms with Crippen molar-refractivity contribution < 1.29 is 18.9 Å². The minimum atomic E-state index is -0.821. The molecule has 3 aromatic rings. The molecular formula is C28H26N2O4. The van der Waals surface area contributed by atoms with Gasteiger partial charge < -0.3 is 18.9 Å². The zero-order valence-electron chi connectivity index (χ0n) is 18.7. The highest BCUT2D eigenvalue weighted by atomic mass is 16.7. The van der Waals surface area contributed by atoms with Gasteiger partial charge in [0.2, 0.25) is 11.8 Å². The zero-order valence-corrected chi connectivity index (χ0v) is 18.7. The minimum Gasteiger partial charge on any atom is -0.477 e. The molecule has 1 fully saturated rings. The van der Waals surface area contributed by atoms with Gasteiger partial charge >= 0.3 is 0 Å². The topological polar surface area (TPSA) is 61.6 Å². The SMILES string of the molecule is c1ccc(C2OCC(C3=N[C@@H](c4ccccc4)CO3)(C3=N[C@@H](c4ccccc4)CO3)CO2)cc1. The molecule has 3 aliphatic heterocycles.